The lowest BCUT2D eigenvalue weighted by Crippen LogP contribution is -2.07. The number of rotatable bonds is 19. The Morgan fingerprint density at radius 3 is 1.95 bits per heavy atom. The molecule has 9 nitrogen and oxygen atoms in total. The lowest BCUT2D eigenvalue weighted by Gasteiger charge is -2.11. The van der Waals surface area contributed by atoms with Crippen molar-refractivity contribution in [3.8, 4) is 17.2 Å². The number of unbranched alkanes of at least 4 members (excludes halogenated alkanes) is 3. The second-order valence-electron chi connectivity index (χ2n) is 9.34. The third-order valence-electron chi connectivity index (χ3n) is 5.84. The van der Waals surface area contributed by atoms with E-state index in [0.717, 1.165) is 36.8 Å². The SMILES string of the molecule is C=C(C)C(=O)OCCCCCCOc1ccc(C=CC(=O)OCCCOc2ccc(C=CC(=O)OC)cc2Cl)cc1OC. The van der Waals surface area contributed by atoms with Gasteiger partial charge in [0.25, 0.3) is 0 Å². The van der Waals surface area contributed by atoms with Crippen LogP contribution in [0.15, 0.2) is 60.7 Å². The summed E-state index contributed by atoms with van der Waals surface area (Å²) in [6.45, 7) is 6.58. The summed E-state index contributed by atoms with van der Waals surface area (Å²) < 4.78 is 31.8. The zero-order valence-corrected chi connectivity index (χ0v) is 25.7. The number of carbonyl (C=O) groups excluding carboxylic acids is 3. The summed E-state index contributed by atoms with van der Waals surface area (Å²) in [5, 5.41) is 0.398. The van der Waals surface area contributed by atoms with Gasteiger partial charge in [0, 0.05) is 24.1 Å². The molecule has 0 saturated heterocycles. The second-order valence-corrected chi connectivity index (χ2v) is 9.75. The van der Waals surface area contributed by atoms with Gasteiger partial charge >= 0.3 is 17.9 Å². The van der Waals surface area contributed by atoms with Crippen LogP contribution < -0.4 is 14.2 Å². The van der Waals surface area contributed by atoms with Crippen LogP contribution in [0.25, 0.3) is 12.2 Å². The van der Waals surface area contributed by atoms with Gasteiger partial charge in [-0.25, -0.2) is 14.4 Å². The highest BCUT2D eigenvalue weighted by Gasteiger charge is 2.07. The molecular weight excluding hydrogens is 576 g/mol. The molecule has 43 heavy (non-hydrogen) atoms. The van der Waals surface area contributed by atoms with Crippen LogP contribution in [0.1, 0.15) is 50.2 Å². The minimum Gasteiger partial charge on any atom is -0.493 e. The summed E-state index contributed by atoms with van der Waals surface area (Å²) in [5.74, 6) is 0.374. The Morgan fingerprint density at radius 2 is 1.30 bits per heavy atom. The number of carbonyl (C=O) groups is 3. The molecule has 0 saturated carbocycles. The molecule has 2 aromatic rings. The second kappa shape index (κ2) is 19.8. The van der Waals surface area contributed by atoms with E-state index in [1.807, 2.05) is 6.07 Å². The smallest absolute Gasteiger partial charge is 0.333 e. The van der Waals surface area contributed by atoms with Crippen molar-refractivity contribution in [2.45, 2.75) is 39.0 Å². The van der Waals surface area contributed by atoms with E-state index >= 15 is 0 Å². The third kappa shape index (κ3) is 14.0. The molecule has 2 rings (SSSR count). The Hall–Kier alpha value is -4.24. The van der Waals surface area contributed by atoms with Crippen molar-refractivity contribution in [2.24, 2.45) is 0 Å². The van der Waals surface area contributed by atoms with Crippen molar-refractivity contribution in [1.82, 2.24) is 0 Å². The predicted octanol–water partition coefficient (Wildman–Crippen LogP) is 6.62. The number of halogens is 1. The molecule has 10 heteroatoms. The van der Waals surface area contributed by atoms with Crippen molar-refractivity contribution < 1.29 is 42.8 Å². The van der Waals surface area contributed by atoms with E-state index in [1.165, 1.54) is 19.3 Å². The standard InChI is InChI=1S/C33H39ClO9/c1-24(2)33(37)43-19-8-6-5-7-18-41-29-15-11-26(23-30(29)38-3)13-17-32(36)42-21-9-20-40-28-14-10-25(22-27(28)34)12-16-31(35)39-4/h10-17,22-23H,1,5-9,18-21H2,2-4H3. The van der Waals surface area contributed by atoms with Gasteiger partial charge in [0.05, 0.1) is 45.7 Å². The lowest BCUT2D eigenvalue weighted by molar-refractivity contribution is -0.139. The van der Waals surface area contributed by atoms with Crippen LogP contribution in [0.2, 0.25) is 5.02 Å². The highest BCUT2D eigenvalue weighted by molar-refractivity contribution is 6.32. The molecule has 0 heterocycles. The van der Waals surface area contributed by atoms with E-state index < -0.39 is 11.9 Å². The van der Waals surface area contributed by atoms with Crippen molar-refractivity contribution in [3.63, 3.8) is 0 Å². The quantitative estimate of drug-likeness (QED) is 0.0747. The zero-order chi connectivity index (χ0) is 31.5. The van der Waals surface area contributed by atoms with Gasteiger partial charge in [-0.05, 0) is 80.2 Å². The number of ether oxygens (including phenoxy) is 6. The molecule has 0 aliphatic heterocycles. The normalized spacial score (nSPS) is 10.9. The number of esters is 3. The molecular formula is C33H39ClO9. The van der Waals surface area contributed by atoms with Gasteiger partial charge in [0.1, 0.15) is 5.75 Å². The van der Waals surface area contributed by atoms with Gasteiger partial charge in [-0.3, -0.25) is 0 Å². The highest BCUT2D eigenvalue weighted by Crippen LogP contribution is 2.29. The van der Waals surface area contributed by atoms with Crippen LogP contribution in [0, 0.1) is 0 Å². The summed E-state index contributed by atoms with van der Waals surface area (Å²) in [7, 11) is 2.86. The van der Waals surface area contributed by atoms with Gasteiger partial charge in [-0.2, -0.15) is 0 Å². The number of benzene rings is 2. The van der Waals surface area contributed by atoms with E-state index in [-0.39, 0.29) is 12.6 Å². The minimum atomic E-state index is -0.478. The Labute approximate surface area is 258 Å². The molecule has 0 unspecified atom stereocenters. The first-order valence-electron chi connectivity index (χ1n) is 13.9. The summed E-state index contributed by atoms with van der Waals surface area (Å²) in [5.41, 5.74) is 1.89. The molecule has 0 amide bonds. The summed E-state index contributed by atoms with van der Waals surface area (Å²) in [4.78, 5) is 34.7. The molecule has 0 spiro atoms. The van der Waals surface area contributed by atoms with Gasteiger partial charge in [0.2, 0.25) is 0 Å². The summed E-state index contributed by atoms with van der Waals surface area (Å²) >= 11 is 6.24. The molecule has 232 valence electrons. The van der Waals surface area contributed by atoms with Gasteiger partial charge in [-0.15, -0.1) is 0 Å². The summed E-state index contributed by atoms with van der Waals surface area (Å²) in [6, 6.07) is 10.5. The fourth-order valence-corrected chi connectivity index (χ4v) is 3.77. The van der Waals surface area contributed by atoms with Crippen LogP contribution in [0.3, 0.4) is 0 Å². The van der Waals surface area contributed by atoms with E-state index in [2.05, 4.69) is 11.3 Å². The van der Waals surface area contributed by atoms with E-state index in [0.29, 0.717) is 54.1 Å². The Balaban J connectivity index is 1.67. The number of hydrogen-bond donors (Lipinski definition) is 0. The highest BCUT2D eigenvalue weighted by atomic mass is 35.5. The van der Waals surface area contributed by atoms with Gasteiger partial charge in [0.15, 0.2) is 11.5 Å². The first-order chi connectivity index (χ1) is 20.7. The molecule has 0 fully saturated rings. The fourth-order valence-electron chi connectivity index (χ4n) is 3.53. The van der Waals surface area contributed by atoms with Crippen molar-refractivity contribution in [1.29, 1.82) is 0 Å². The Morgan fingerprint density at radius 1 is 0.721 bits per heavy atom. The molecule has 0 bridgehead atoms. The fraction of sp³-hybridized carbons (Fsp3) is 0.364. The maximum Gasteiger partial charge on any atom is 0.333 e. The van der Waals surface area contributed by atoms with Crippen LogP contribution in [-0.4, -0.2) is 58.6 Å². The first-order valence-corrected chi connectivity index (χ1v) is 14.3. The maximum atomic E-state index is 12.1. The molecule has 0 aliphatic rings. The average Bonchev–Trinajstić information content (AvgIpc) is 3.00. The molecule has 0 N–H and O–H groups in total. The maximum absolute atomic E-state index is 12.1. The zero-order valence-electron chi connectivity index (χ0n) is 24.9. The Bertz CT molecular complexity index is 1280. The van der Waals surface area contributed by atoms with Crippen LogP contribution in [0.5, 0.6) is 17.2 Å². The Kier molecular flexibility index (Phi) is 16.1. The largest absolute Gasteiger partial charge is 0.493 e. The summed E-state index contributed by atoms with van der Waals surface area (Å²) in [6.07, 6.45) is 9.88. The topological polar surface area (TPSA) is 107 Å². The van der Waals surface area contributed by atoms with Gasteiger partial charge in [-0.1, -0.05) is 30.3 Å². The minimum absolute atomic E-state index is 0.177. The van der Waals surface area contributed by atoms with Crippen LogP contribution >= 0.6 is 11.6 Å². The molecule has 0 radical (unpaired) electrons. The van der Waals surface area contributed by atoms with Crippen molar-refractivity contribution >= 4 is 41.7 Å². The van der Waals surface area contributed by atoms with Gasteiger partial charge < -0.3 is 28.4 Å². The number of hydrogen-bond acceptors (Lipinski definition) is 9. The average molecular weight is 615 g/mol. The van der Waals surface area contributed by atoms with E-state index in [4.69, 9.17) is 35.3 Å². The van der Waals surface area contributed by atoms with Crippen molar-refractivity contribution in [2.75, 3.05) is 40.6 Å². The van der Waals surface area contributed by atoms with Crippen molar-refractivity contribution in [3.05, 3.63) is 76.9 Å². The van der Waals surface area contributed by atoms with Crippen LogP contribution in [0.4, 0.5) is 0 Å². The van der Waals surface area contributed by atoms with Crippen LogP contribution in [-0.2, 0) is 28.6 Å². The van der Waals surface area contributed by atoms with E-state index in [1.54, 1.807) is 56.5 Å². The molecule has 0 aliphatic carbocycles. The first kappa shape index (κ1) is 35.0. The number of methoxy groups -OCH3 is 2. The van der Waals surface area contributed by atoms with E-state index in [9.17, 15) is 14.4 Å². The monoisotopic (exact) mass is 614 g/mol. The predicted molar refractivity (Wildman–Crippen MR) is 165 cm³/mol. The molecule has 0 aromatic heterocycles. The molecule has 2 aromatic carbocycles. The third-order valence-corrected chi connectivity index (χ3v) is 6.13. The lowest BCUT2D eigenvalue weighted by atomic mass is 10.2. The molecule has 0 atom stereocenters.